The summed E-state index contributed by atoms with van der Waals surface area (Å²) in [5, 5.41) is 0. The van der Waals surface area contributed by atoms with E-state index >= 15 is 0 Å². The minimum Gasteiger partial charge on any atom is -0.350 e. The number of anilines is 1. The molecule has 4 heterocycles. The molecule has 4 rings (SSSR count). The molecule has 2 aromatic rings. The highest BCUT2D eigenvalue weighted by molar-refractivity contribution is 7.89. The van der Waals surface area contributed by atoms with Gasteiger partial charge in [-0.15, -0.1) is 0 Å². The minimum absolute atomic E-state index is 0.160. The van der Waals surface area contributed by atoms with Gasteiger partial charge < -0.3 is 14.4 Å². The van der Waals surface area contributed by atoms with Crippen molar-refractivity contribution < 1.29 is 13.2 Å². The zero-order valence-electron chi connectivity index (χ0n) is 18.4. The summed E-state index contributed by atoms with van der Waals surface area (Å²) in [5.41, 5.74) is 1.63. The van der Waals surface area contributed by atoms with E-state index in [-0.39, 0.29) is 10.8 Å². The average molecular weight is 447 g/mol. The summed E-state index contributed by atoms with van der Waals surface area (Å²) in [6.07, 6.45) is 6.39. The molecular formula is C21H30N6O3S. The van der Waals surface area contributed by atoms with Gasteiger partial charge in [-0.3, -0.25) is 4.79 Å². The highest BCUT2D eigenvalue weighted by atomic mass is 32.2. The van der Waals surface area contributed by atoms with Gasteiger partial charge in [-0.25, -0.2) is 18.4 Å². The van der Waals surface area contributed by atoms with Crippen molar-refractivity contribution in [3.63, 3.8) is 0 Å². The SMILES string of the molecule is Cc1c(C(=O)N2CCCCC2)c(S(=O)(=O)N2CCN(c3ncccn3)CC2)c(C)n1C. The number of piperazine rings is 1. The maximum absolute atomic E-state index is 13.7. The zero-order chi connectivity index (χ0) is 22.2. The Morgan fingerprint density at radius 3 is 2.13 bits per heavy atom. The van der Waals surface area contributed by atoms with Crippen molar-refractivity contribution in [3.05, 3.63) is 35.4 Å². The molecule has 2 fully saturated rings. The van der Waals surface area contributed by atoms with Gasteiger partial charge in [-0.1, -0.05) is 0 Å². The van der Waals surface area contributed by atoms with Gasteiger partial charge in [0.2, 0.25) is 16.0 Å². The number of piperidine rings is 1. The summed E-state index contributed by atoms with van der Waals surface area (Å²) < 4.78 is 30.7. The number of carbonyl (C=O) groups excluding carboxylic acids is 1. The van der Waals surface area contributed by atoms with E-state index in [1.807, 2.05) is 23.4 Å². The molecule has 0 saturated carbocycles. The fraction of sp³-hybridized carbons (Fsp3) is 0.571. The Morgan fingerprint density at radius 1 is 0.903 bits per heavy atom. The lowest BCUT2D eigenvalue weighted by atomic mass is 10.1. The van der Waals surface area contributed by atoms with Gasteiger partial charge in [0.1, 0.15) is 4.90 Å². The largest absolute Gasteiger partial charge is 0.350 e. The molecule has 0 atom stereocenters. The topological polar surface area (TPSA) is 91.6 Å². The lowest BCUT2D eigenvalue weighted by Gasteiger charge is -2.34. The maximum atomic E-state index is 13.7. The van der Waals surface area contributed by atoms with Crippen LogP contribution < -0.4 is 4.90 Å². The van der Waals surface area contributed by atoms with Crippen molar-refractivity contribution in [1.29, 1.82) is 0 Å². The normalized spacial score (nSPS) is 18.4. The van der Waals surface area contributed by atoms with Crippen molar-refractivity contribution >= 4 is 21.9 Å². The highest BCUT2D eigenvalue weighted by Crippen LogP contribution is 2.31. The van der Waals surface area contributed by atoms with Crippen LogP contribution in [0.15, 0.2) is 23.4 Å². The lowest BCUT2D eigenvalue weighted by Crippen LogP contribution is -2.49. The molecule has 0 unspecified atom stereocenters. The smallest absolute Gasteiger partial charge is 0.257 e. The molecule has 0 aromatic carbocycles. The first-order chi connectivity index (χ1) is 14.8. The summed E-state index contributed by atoms with van der Waals surface area (Å²) in [4.78, 5) is 25.8. The van der Waals surface area contributed by atoms with Gasteiger partial charge in [-0.05, 0) is 39.2 Å². The first-order valence-corrected chi connectivity index (χ1v) is 12.2. The Labute approximate surface area is 183 Å². The highest BCUT2D eigenvalue weighted by Gasteiger charge is 2.38. The Balaban J connectivity index is 1.62. The van der Waals surface area contributed by atoms with Crippen molar-refractivity contribution in [2.24, 2.45) is 7.05 Å². The van der Waals surface area contributed by atoms with Gasteiger partial charge >= 0.3 is 0 Å². The van der Waals surface area contributed by atoms with Gasteiger partial charge in [0.15, 0.2) is 0 Å². The zero-order valence-corrected chi connectivity index (χ0v) is 19.2. The number of aromatic nitrogens is 3. The van der Waals surface area contributed by atoms with E-state index < -0.39 is 10.0 Å². The van der Waals surface area contributed by atoms with E-state index in [1.54, 1.807) is 30.3 Å². The van der Waals surface area contributed by atoms with E-state index in [1.165, 1.54) is 4.31 Å². The summed E-state index contributed by atoms with van der Waals surface area (Å²) in [6, 6.07) is 1.76. The van der Waals surface area contributed by atoms with Crippen LogP contribution in [-0.2, 0) is 17.1 Å². The number of amides is 1. The molecule has 168 valence electrons. The second-order valence-electron chi connectivity index (χ2n) is 8.23. The van der Waals surface area contributed by atoms with Gasteiger partial charge in [0, 0.05) is 70.1 Å². The molecule has 1 amide bonds. The molecule has 9 nitrogen and oxygen atoms in total. The fourth-order valence-electron chi connectivity index (χ4n) is 4.45. The standard InChI is InChI=1S/C21H30N6O3S/c1-16-18(20(28)25-10-5-4-6-11-25)19(17(2)24(16)3)31(29,30)27-14-12-26(13-15-27)21-22-8-7-9-23-21/h7-9H,4-6,10-15H2,1-3H3. The van der Waals surface area contributed by atoms with E-state index in [0.717, 1.165) is 19.3 Å². The van der Waals surface area contributed by atoms with Crippen LogP contribution in [0.2, 0.25) is 0 Å². The van der Waals surface area contributed by atoms with Crippen LogP contribution in [0.3, 0.4) is 0 Å². The van der Waals surface area contributed by atoms with E-state index in [0.29, 0.717) is 62.2 Å². The second kappa shape index (κ2) is 8.58. The number of nitrogens with zero attached hydrogens (tertiary/aromatic N) is 6. The number of rotatable bonds is 4. The van der Waals surface area contributed by atoms with Crippen LogP contribution >= 0.6 is 0 Å². The number of sulfonamides is 1. The summed E-state index contributed by atoms with van der Waals surface area (Å²) in [7, 11) is -2.00. The van der Waals surface area contributed by atoms with Crippen LogP contribution in [0.4, 0.5) is 5.95 Å². The molecule has 0 spiro atoms. The molecule has 0 N–H and O–H groups in total. The number of carbonyl (C=O) groups is 1. The molecule has 2 aliphatic heterocycles. The molecule has 0 bridgehead atoms. The summed E-state index contributed by atoms with van der Waals surface area (Å²) >= 11 is 0. The second-order valence-corrected chi connectivity index (χ2v) is 10.1. The third-order valence-corrected chi connectivity index (χ3v) is 8.51. The monoisotopic (exact) mass is 446 g/mol. The minimum atomic E-state index is -3.82. The number of hydrogen-bond acceptors (Lipinski definition) is 6. The van der Waals surface area contributed by atoms with Crippen LogP contribution in [0.5, 0.6) is 0 Å². The molecule has 2 aliphatic rings. The van der Waals surface area contributed by atoms with Gasteiger partial charge in [-0.2, -0.15) is 4.31 Å². The Hall–Kier alpha value is -2.46. The van der Waals surface area contributed by atoms with Crippen LogP contribution in [0.25, 0.3) is 0 Å². The van der Waals surface area contributed by atoms with Crippen molar-refractivity contribution in [2.75, 3.05) is 44.2 Å². The van der Waals surface area contributed by atoms with E-state index in [2.05, 4.69) is 9.97 Å². The summed E-state index contributed by atoms with van der Waals surface area (Å²) in [5.74, 6) is 0.433. The van der Waals surface area contributed by atoms with Gasteiger partial charge in [0.25, 0.3) is 5.91 Å². The molecule has 2 saturated heterocycles. The van der Waals surface area contributed by atoms with Crippen molar-refractivity contribution in [1.82, 2.24) is 23.7 Å². The van der Waals surface area contributed by atoms with Crippen molar-refractivity contribution in [2.45, 2.75) is 38.0 Å². The number of hydrogen-bond donors (Lipinski definition) is 0. The van der Waals surface area contributed by atoms with E-state index in [4.69, 9.17) is 0 Å². The number of likely N-dealkylation sites (tertiary alicyclic amines) is 1. The molecule has 2 aromatic heterocycles. The predicted octanol–water partition coefficient (Wildman–Crippen LogP) is 1.57. The van der Waals surface area contributed by atoms with Crippen molar-refractivity contribution in [3.8, 4) is 0 Å². The molecule has 31 heavy (non-hydrogen) atoms. The first kappa shape index (κ1) is 21.8. The summed E-state index contributed by atoms with van der Waals surface area (Å²) in [6.45, 7) is 6.63. The van der Waals surface area contributed by atoms with Crippen LogP contribution in [0.1, 0.15) is 41.0 Å². The average Bonchev–Trinajstić information content (AvgIpc) is 3.04. The van der Waals surface area contributed by atoms with Gasteiger partial charge in [0.05, 0.1) is 5.56 Å². The van der Waals surface area contributed by atoms with E-state index in [9.17, 15) is 13.2 Å². The molecular weight excluding hydrogens is 416 g/mol. The predicted molar refractivity (Wildman–Crippen MR) is 118 cm³/mol. The quantitative estimate of drug-likeness (QED) is 0.708. The van der Waals surface area contributed by atoms with Crippen LogP contribution in [-0.4, -0.2) is 77.3 Å². The fourth-order valence-corrected chi connectivity index (χ4v) is 6.36. The Morgan fingerprint density at radius 2 is 1.52 bits per heavy atom. The molecule has 0 radical (unpaired) electrons. The lowest BCUT2D eigenvalue weighted by molar-refractivity contribution is 0.0719. The third-order valence-electron chi connectivity index (χ3n) is 6.45. The molecule has 0 aliphatic carbocycles. The molecule has 10 heteroatoms. The maximum Gasteiger partial charge on any atom is 0.257 e. The third kappa shape index (κ3) is 3.94. The van der Waals surface area contributed by atoms with Crippen LogP contribution in [0, 0.1) is 13.8 Å². The first-order valence-electron chi connectivity index (χ1n) is 10.8. The Bertz CT molecular complexity index is 1050. The Kier molecular flexibility index (Phi) is 6.02.